The molecule has 0 spiro atoms. The minimum absolute atomic E-state index is 0.198. The zero-order valence-corrected chi connectivity index (χ0v) is 2.63. The van der Waals surface area contributed by atoms with Crippen molar-refractivity contribution in [3.05, 3.63) is 5.53 Å². The first-order valence-electron chi connectivity index (χ1n) is 1.18. The summed E-state index contributed by atoms with van der Waals surface area (Å²) in [5.41, 5.74) is 7.48. The van der Waals surface area contributed by atoms with Gasteiger partial charge in [-0.1, -0.05) is 0 Å². The normalized spacial score (nSPS) is 5.80. The third kappa shape index (κ3) is 3.34. The summed E-state index contributed by atoms with van der Waals surface area (Å²) in [6.45, 7) is -0.198. The summed E-state index contributed by atoms with van der Waals surface area (Å²) >= 11 is 0. The first-order valence-corrected chi connectivity index (χ1v) is 1.18. The second kappa shape index (κ2) is 3.34. The molecule has 0 saturated carbocycles. The number of aliphatic hydroxyl groups excluding tert-OH is 1. The highest BCUT2D eigenvalue weighted by Crippen LogP contribution is 1.30. The molecule has 0 aromatic heterocycles. The van der Waals surface area contributed by atoms with Gasteiger partial charge in [-0.3, -0.25) is 0 Å². The zero-order valence-electron chi connectivity index (χ0n) is 2.63. The van der Waals surface area contributed by atoms with Gasteiger partial charge in [0.05, 0.1) is 0 Å². The lowest BCUT2D eigenvalue weighted by Crippen LogP contribution is -1.79. The van der Waals surface area contributed by atoms with Gasteiger partial charge in [0.25, 0.3) is 6.21 Å². The molecule has 0 aliphatic rings. The summed E-state index contributed by atoms with van der Waals surface area (Å²) in [6.07, 6.45) is 0.986. The fourth-order valence-corrected chi connectivity index (χ4v) is 0.0365. The van der Waals surface area contributed by atoms with E-state index in [0.29, 0.717) is 0 Å². The van der Waals surface area contributed by atoms with Crippen LogP contribution in [0.1, 0.15) is 0 Å². The predicted octanol–water partition coefficient (Wildman–Crippen LogP) is -0.721. The summed E-state index contributed by atoms with van der Waals surface area (Å²) in [6, 6.07) is 0. The van der Waals surface area contributed by atoms with Crippen LogP contribution in [0.3, 0.4) is 0 Å². The molecule has 3 nitrogen and oxygen atoms in total. The van der Waals surface area contributed by atoms with Crippen LogP contribution in [0.4, 0.5) is 0 Å². The standard InChI is InChI=1S/C2H4N2O/c3-4-1-2-5/h1,5H,2H2. The Kier molecular flexibility index (Phi) is 2.90. The summed E-state index contributed by atoms with van der Waals surface area (Å²) in [7, 11) is 0. The van der Waals surface area contributed by atoms with Gasteiger partial charge < -0.3 is 10.6 Å². The highest BCUT2D eigenvalue weighted by atomic mass is 16.2. The van der Waals surface area contributed by atoms with E-state index in [1.165, 1.54) is 0 Å². The van der Waals surface area contributed by atoms with Gasteiger partial charge in [0, 0.05) is 0 Å². The van der Waals surface area contributed by atoms with Gasteiger partial charge in [-0.05, 0) is 0 Å². The molecule has 28 valence electrons. The monoisotopic (exact) mass is 72.0 g/mol. The largest absolute Gasteiger partial charge is 0.385 e. The van der Waals surface area contributed by atoms with Crippen LogP contribution in [-0.2, 0) is 0 Å². The highest BCUT2D eigenvalue weighted by molar-refractivity contribution is 5.50. The Morgan fingerprint density at radius 3 is 2.60 bits per heavy atom. The molecule has 1 N–H and O–H groups in total. The summed E-state index contributed by atoms with van der Waals surface area (Å²) in [5, 5.41) is 7.76. The molecule has 0 heterocycles. The zero-order chi connectivity index (χ0) is 4.12. The maximum atomic E-state index is 7.76. The Morgan fingerprint density at radius 2 is 2.60 bits per heavy atom. The molecule has 5 heavy (non-hydrogen) atoms. The van der Waals surface area contributed by atoms with Crippen molar-refractivity contribution in [1.29, 1.82) is 0 Å². The van der Waals surface area contributed by atoms with Crippen LogP contribution in [0.5, 0.6) is 0 Å². The molecule has 0 aromatic carbocycles. The van der Waals surface area contributed by atoms with E-state index in [-0.39, 0.29) is 6.61 Å². The first-order chi connectivity index (χ1) is 2.41. The summed E-state index contributed by atoms with van der Waals surface area (Å²) < 4.78 is 0. The molecule has 0 saturated heterocycles. The molecule has 0 bridgehead atoms. The van der Waals surface area contributed by atoms with E-state index in [2.05, 4.69) is 4.79 Å². The van der Waals surface area contributed by atoms with E-state index in [1.54, 1.807) is 0 Å². The molecule has 0 radical (unpaired) electrons. The third-order valence-electron chi connectivity index (χ3n) is 0.163. The maximum Gasteiger partial charge on any atom is 0.282 e. The SMILES string of the molecule is [N-]=[N+]=CCO. The Hall–Kier alpha value is -0.660. The summed E-state index contributed by atoms with van der Waals surface area (Å²) in [4.78, 5) is 2.48. The second-order valence-electron chi connectivity index (χ2n) is 0.481. The van der Waals surface area contributed by atoms with E-state index >= 15 is 0 Å². The van der Waals surface area contributed by atoms with Crippen LogP contribution >= 0.6 is 0 Å². The van der Waals surface area contributed by atoms with Crippen molar-refractivity contribution in [3.63, 3.8) is 0 Å². The molecule has 0 atom stereocenters. The molecular formula is C2H4N2O. The van der Waals surface area contributed by atoms with Gasteiger partial charge in [0.15, 0.2) is 0 Å². The fraction of sp³-hybridized carbons (Fsp3) is 0.500. The van der Waals surface area contributed by atoms with Gasteiger partial charge in [-0.25, -0.2) is 0 Å². The topological polar surface area (TPSA) is 56.6 Å². The van der Waals surface area contributed by atoms with Crippen molar-refractivity contribution in [1.82, 2.24) is 0 Å². The Bertz CT molecular complexity index is 54.7. The quantitative estimate of drug-likeness (QED) is 0.248. The van der Waals surface area contributed by atoms with Crippen LogP contribution < -0.4 is 0 Å². The van der Waals surface area contributed by atoms with Crippen molar-refractivity contribution in [2.24, 2.45) is 0 Å². The molecule has 3 heteroatoms. The molecule has 0 unspecified atom stereocenters. The Balaban J connectivity index is 2.93. The minimum atomic E-state index is -0.198. The van der Waals surface area contributed by atoms with Crippen LogP contribution in [0, 0.1) is 0 Å². The molecule has 0 aromatic rings. The molecule has 0 amide bonds. The van der Waals surface area contributed by atoms with E-state index in [9.17, 15) is 0 Å². The van der Waals surface area contributed by atoms with E-state index in [1.807, 2.05) is 0 Å². The van der Waals surface area contributed by atoms with Gasteiger partial charge in [0.2, 0.25) is 0 Å². The van der Waals surface area contributed by atoms with E-state index in [4.69, 9.17) is 10.6 Å². The van der Waals surface area contributed by atoms with E-state index in [0.717, 1.165) is 6.21 Å². The van der Waals surface area contributed by atoms with Crippen molar-refractivity contribution >= 4 is 6.21 Å². The Morgan fingerprint density at radius 1 is 2.00 bits per heavy atom. The van der Waals surface area contributed by atoms with Crippen LogP contribution in [0.25, 0.3) is 5.53 Å². The second-order valence-corrected chi connectivity index (χ2v) is 0.481. The lowest BCUT2D eigenvalue weighted by Gasteiger charge is -1.53. The average molecular weight is 72.1 g/mol. The van der Waals surface area contributed by atoms with Gasteiger partial charge in [-0.15, -0.1) is 0 Å². The van der Waals surface area contributed by atoms with Crippen molar-refractivity contribution in [2.45, 2.75) is 0 Å². The number of rotatable bonds is 1. The number of nitrogens with zero attached hydrogens (tertiary/aromatic N) is 2. The maximum absolute atomic E-state index is 7.76. The van der Waals surface area contributed by atoms with Gasteiger partial charge in [0.1, 0.15) is 6.61 Å². The molecule has 0 aliphatic carbocycles. The molecule has 0 aliphatic heterocycles. The van der Waals surface area contributed by atoms with Crippen LogP contribution in [0.15, 0.2) is 0 Å². The van der Waals surface area contributed by atoms with E-state index < -0.39 is 0 Å². The number of aliphatic hydroxyl groups is 1. The Labute approximate surface area is 29.5 Å². The van der Waals surface area contributed by atoms with Crippen LogP contribution in [-0.4, -0.2) is 22.7 Å². The van der Waals surface area contributed by atoms with Gasteiger partial charge >= 0.3 is 0 Å². The summed E-state index contributed by atoms with van der Waals surface area (Å²) in [5.74, 6) is 0. The minimum Gasteiger partial charge on any atom is -0.385 e. The third-order valence-corrected chi connectivity index (χ3v) is 0.163. The van der Waals surface area contributed by atoms with Crippen LogP contribution in [0.2, 0.25) is 0 Å². The molecule has 0 rings (SSSR count). The van der Waals surface area contributed by atoms with Gasteiger partial charge in [-0.2, -0.15) is 4.79 Å². The molecule has 0 fully saturated rings. The smallest absolute Gasteiger partial charge is 0.282 e. The first kappa shape index (κ1) is 4.34. The van der Waals surface area contributed by atoms with Crippen molar-refractivity contribution in [2.75, 3.05) is 6.61 Å². The predicted molar refractivity (Wildman–Crippen MR) is 16.8 cm³/mol. The lowest BCUT2D eigenvalue weighted by molar-refractivity contribution is -0.00285. The van der Waals surface area contributed by atoms with Crippen molar-refractivity contribution < 1.29 is 9.90 Å². The fourth-order valence-electron chi connectivity index (χ4n) is 0.0365. The van der Waals surface area contributed by atoms with Crippen molar-refractivity contribution in [3.8, 4) is 0 Å². The lowest BCUT2D eigenvalue weighted by atomic mass is 10.8. The number of hydrogen-bond donors (Lipinski definition) is 1. The molecular weight excluding hydrogens is 68.0 g/mol. The number of hydrogen-bond acceptors (Lipinski definition) is 1. The highest BCUT2D eigenvalue weighted by Gasteiger charge is 1.62. The average Bonchev–Trinajstić information content (AvgIpc) is 1.41.